The van der Waals surface area contributed by atoms with Crippen molar-refractivity contribution in [1.29, 1.82) is 0 Å². The van der Waals surface area contributed by atoms with Crippen LogP contribution in [0.2, 0.25) is 0 Å². The van der Waals surface area contributed by atoms with Crippen molar-refractivity contribution in [3.63, 3.8) is 0 Å². The fraction of sp³-hybridized carbons (Fsp3) is 0.154. The zero-order valence-electron chi connectivity index (χ0n) is 9.78. The van der Waals surface area contributed by atoms with Gasteiger partial charge in [-0.2, -0.15) is 5.10 Å². The van der Waals surface area contributed by atoms with Crippen molar-refractivity contribution in [2.45, 2.75) is 5.92 Å². The number of carbonyl (C=O) groups excluding carboxylic acids is 1. The van der Waals surface area contributed by atoms with E-state index in [0.29, 0.717) is 11.8 Å². The molecule has 0 aliphatic rings. The Morgan fingerprint density at radius 1 is 1.44 bits per heavy atom. The number of carboxylic acids is 1. The highest BCUT2D eigenvalue weighted by Crippen LogP contribution is 2.23. The number of nitrogens with zero attached hydrogens (tertiary/aromatic N) is 2. The molecule has 0 fully saturated rings. The minimum Gasteiger partial charge on any atom is -0.480 e. The number of rotatable bonds is 4. The Balaban J connectivity index is 2.45. The summed E-state index contributed by atoms with van der Waals surface area (Å²) in [5.74, 6) is -2.27. The van der Waals surface area contributed by atoms with Crippen LogP contribution in [0.4, 0.5) is 0 Å². The average Bonchev–Trinajstić information content (AvgIpc) is 2.76. The van der Waals surface area contributed by atoms with E-state index in [1.165, 1.54) is 0 Å². The van der Waals surface area contributed by atoms with Crippen molar-refractivity contribution in [3.05, 3.63) is 42.1 Å². The smallest absolute Gasteiger partial charge is 0.318 e. The van der Waals surface area contributed by atoms with Gasteiger partial charge in [0.25, 0.3) is 0 Å². The first-order chi connectivity index (χ1) is 8.63. The second-order valence-electron chi connectivity index (χ2n) is 3.92. The van der Waals surface area contributed by atoms with Gasteiger partial charge in [-0.1, -0.05) is 18.2 Å². The molecule has 1 unspecified atom stereocenters. The van der Waals surface area contributed by atoms with Gasteiger partial charge in [-0.3, -0.25) is 9.48 Å². The first-order valence-electron chi connectivity index (χ1n) is 5.40. The first kappa shape index (κ1) is 12.0. The van der Waals surface area contributed by atoms with E-state index in [1.807, 2.05) is 12.1 Å². The molecule has 0 aliphatic heterocycles. The normalized spacial score (nSPS) is 12.1. The van der Waals surface area contributed by atoms with E-state index >= 15 is 0 Å². The van der Waals surface area contributed by atoms with Gasteiger partial charge in [0.15, 0.2) is 0 Å². The molecule has 92 valence electrons. The summed E-state index contributed by atoms with van der Waals surface area (Å²) in [6.45, 7) is 0. The van der Waals surface area contributed by atoms with Gasteiger partial charge in [0.2, 0.25) is 0 Å². The highest BCUT2D eigenvalue weighted by Gasteiger charge is 2.19. The van der Waals surface area contributed by atoms with Gasteiger partial charge in [-0.05, 0) is 17.7 Å². The molecule has 0 spiro atoms. The predicted octanol–water partition coefficient (Wildman–Crippen LogP) is 1.45. The third-order valence-corrected chi connectivity index (χ3v) is 2.76. The lowest BCUT2D eigenvalue weighted by Gasteiger charge is -2.08. The summed E-state index contributed by atoms with van der Waals surface area (Å²) >= 11 is 0. The molecule has 2 rings (SSSR count). The topological polar surface area (TPSA) is 72.2 Å². The maximum atomic E-state index is 10.9. The van der Waals surface area contributed by atoms with E-state index in [2.05, 4.69) is 5.10 Å². The van der Waals surface area contributed by atoms with Crippen molar-refractivity contribution in [1.82, 2.24) is 9.78 Å². The quantitative estimate of drug-likeness (QED) is 0.652. The van der Waals surface area contributed by atoms with Crippen molar-refractivity contribution < 1.29 is 14.7 Å². The van der Waals surface area contributed by atoms with Crippen LogP contribution in [0, 0.1) is 0 Å². The summed E-state index contributed by atoms with van der Waals surface area (Å²) in [6.07, 6.45) is 2.10. The Morgan fingerprint density at radius 2 is 2.22 bits per heavy atom. The Bertz CT molecular complexity index is 589. The number of hydrogen-bond acceptors (Lipinski definition) is 3. The number of aliphatic carboxylic acids is 1. The van der Waals surface area contributed by atoms with E-state index < -0.39 is 11.9 Å². The highest BCUT2D eigenvalue weighted by atomic mass is 16.4. The molecular formula is C13H12N2O3. The molecule has 5 nitrogen and oxygen atoms in total. The summed E-state index contributed by atoms with van der Waals surface area (Å²) in [4.78, 5) is 21.8. The van der Waals surface area contributed by atoms with E-state index in [0.717, 1.165) is 11.3 Å². The molecule has 0 bridgehead atoms. The molecular weight excluding hydrogens is 232 g/mol. The third-order valence-electron chi connectivity index (χ3n) is 2.76. The van der Waals surface area contributed by atoms with E-state index in [1.54, 1.807) is 36.1 Å². The van der Waals surface area contributed by atoms with E-state index in [-0.39, 0.29) is 0 Å². The van der Waals surface area contributed by atoms with Gasteiger partial charge in [0, 0.05) is 18.8 Å². The number of carboxylic acid groups (broad SMARTS) is 1. The molecule has 0 saturated carbocycles. The van der Waals surface area contributed by atoms with Crippen LogP contribution in [0.15, 0.2) is 36.5 Å². The van der Waals surface area contributed by atoms with Crippen LogP contribution in [0.5, 0.6) is 0 Å². The van der Waals surface area contributed by atoms with Crippen LogP contribution in [0.1, 0.15) is 11.5 Å². The predicted molar refractivity (Wildman–Crippen MR) is 65.1 cm³/mol. The van der Waals surface area contributed by atoms with E-state index in [4.69, 9.17) is 5.11 Å². The van der Waals surface area contributed by atoms with Gasteiger partial charge >= 0.3 is 5.97 Å². The fourth-order valence-corrected chi connectivity index (χ4v) is 1.83. The Hall–Kier alpha value is -2.43. The molecule has 5 heteroatoms. The molecule has 1 atom stereocenters. The molecule has 1 heterocycles. The van der Waals surface area contributed by atoms with Crippen LogP contribution < -0.4 is 0 Å². The zero-order chi connectivity index (χ0) is 13.1. The second kappa shape index (κ2) is 4.83. The van der Waals surface area contributed by atoms with Crippen LogP contribution >= 0.6 is 0 Å². The summed E-state index contributed by atoms with van der Waals surface area (Å²) in [5.41, 5.74) is 2.17. The minimum atomic E-state index is -1.15. The summed E-state index contributed by atoms with van der Waals surface area (Å²) in [6, 6.07) is 8.74. The SMILES string of the molecule is Cn1nccc1-c1cccc(C(C=O)C(=O)O)c1. The molecule has 1 aromatic heterocycles. The molecule has 0 saturated heterocycles. The summed E-state index contributed by atoms with van der Waals surface area (Å²) < 4.78 is 1.69. The van der Waals surface area contributed by atoms with Gasteiger partial charge in [-0.25, -0.2) is 0 Å². The summed E-state index contributed by atoms with van der Waals surface area (Å²) in [5, 5.41) is 13.0. The van der Waals surface area contributed by atoms with Crippen molar-refractivity contribution in [3.8, 4) is 11.3 Å². The van der Waals surface area contributed by atoms with Gasteiger partial charge < -0.3 is 9.90 Å². The van der Waals surface area contributed by atoms with Crippen LogP contribution in [0.25, 0.3) is 11.3 Å². The number of aromatic nitrogens is 2. The van der Waals surface area contributed by atoms with Crippen molar-refractivity contribution >= 4 is 12.3 Å². The van der Waals surface area contributed by atoms with Crippen LogP contribution in [-0.4, -0.2) is 27.1 Å². The Labute approximate surface area is 104 Å². The first-order valence-corrected chi connectivity index (χ1v) is 5.40. The highest BCUT2D eigenvalue weighted by molar-refractivity contribution is 5.93. The molecule has 1 aromatic carbocycles. The number of aryl methyl sites for hydroxylation is 1. The molecule has 0 radical (unpaired) electrons. The molecule has 0 amide bonds. The third kappa shape index (κ3) is 2.15. The lowest BCUT2D eigenvalue weighted by molar-refractivity contribution is -0.140. The monoisotopic (exact) mass is 244 g/mol. The molecule has 18 heavy (non-hydrogen) atoms. The molecule has 1 N–H and O–H groups in total. The van der Waals surface area contributed by atoms with Crippen LogP contribution in [-0.2, 0) is 16.6 Å². The maximum absolute atomic E-state index is 10.9. The van der Waals surface area contributed by atoms with Crippen molar-refractivity contribution in [2.75, 3.05) is 0 Å². The number of carbonyl (C=O) groups is 2. The average molecular weight is 244 g/mol. The summed E-state index contributed by atoms with van der Waals surface area (Å²) in [7, 11) is 1.80. The van der Waals surface area contributed by atoms with Crippen LogP contribution in [0.3, 0.4) is 0 Å². The number of benzene rings is 1. The van der Waals surface area contributed by atoms with Gasteiger partial charge in [0.1, 0.15) is 12.2 Å². The lowest BCUT2D eigenvalue weighted by Crippen LogP contribution is -2.12. The number of aldehydes is 1. The lowest BCUT2D eigenvalue weighted by atomic mass is 9.98. The van der Waals surface area contributed by atoms with E-state index in [9.17, 15) is 9.59 Å². The Kier molecular flexibility index (Phi) is 3.23. The maximum Gasteiger partial charge on any atom is 0.318 e. The van der Waals surface area contributed by atoms with Gasteiger partial charge in [0.05, 0.1) is 5.69 Å². The molecule has 2 aromatic rings. The largest absolute Gasteiger partial charge is 0.480 e. The van der Waals surface area contributed by atoms with Crippen molar-refractivity contribution in [2.24, 2.45) is 7.05 Å². The second-order valence-corrected chi connectivity index (χ2v) is 3.92. The minimum absolute atomic E-state index is 0.435. The van der Waals surface area contributed by atoms with Gasteiger partial charge in [-0.15, -0.1) is 0 Å². The fourth-order valence-electron chi connectivity index (χ4n) is 1.83. The molecule has 0 aliphatic carbocycles. The Morgan fingerprint density at radius 3 is 2.78 bits per heavy atom. The standard InChI is InChI=1S/C13H12N2O3/c1-15-12(5-6-14-15)10-4-2-3-9(7-10)11(8-16)13(17)18/h2-8,11H,1H3,(H,17,18). The zero-order valence-corrected chi connectivity index (χ0v) is 9.78. The number of hydrogen-bond donors (Lipinski definition) is 1.